The normalized spacial score (nSPS) is 20.9. The molecule has 1 rings (SSSR count). The molecule has 88 valence electrons. The van der Waals surface area contributed by atoms with Gasteiger partial charge in [-0.25, -0.2) is 0 Å². The van der Waals surface area contributed by atoms with E-state index in [1.54, 1.807) is 0 Å². The Morgan fingerprint density at radius 2 is 2.07 bits per heavy atom. The molecule has 1 amide bonds. The van der Waals surface area contributed by atoms with E-state index in [0.29, 0.717) is 5.91 Å². The number of rotatable bonds is 6. The average Bonchev–Trinajstić information content (AvgIpc) is 2.64. The fraction of sp³-hybridized carbons (Fsp3) is 0.917. The third-order valence-corrected chi connectivity index (χ3v) is 3.07. The Labute approximate surface area is 93.0 Å². The summed E-state index contributed by atoms with van der Waals surface area (Å²) in [5.74, 6) is 0.305. The number of nitrogens with two attached hydrogens (primary N) is 1. The highest BCUT2D eigenvalue weighted by Crippen LogP contribution is 2.11. The highest BCUT2D eigenvalue weighted by atomic mass is 16.2. The van der Waals surface area contributed by atoms with E-state index in [-0.39, 0.29) is 6.04 Å². The first-order valence-corrected chi connectivity index (χ1v) is 6.27. The van der Waals surface area contributed by atoms with Crippen LogP contribution in [0.1, 0.15) is 51.9 Å². The van der Waals surface area contributed by atoms with Gasteiger partial charge in [0.15, 0.2) is 0 Å². The van der Waals surface area contributed by atoms with Crippen molar-refractivity contribution >= 4 is 5.91 Å². The molecule has 0 bridgehead atoms. The Kier molecular flexibility index (Phi) is 5.69. The number of hydrogen-bond acceptors (Lipinski definition) is 2. The van der Waals surface area contributed by atoms with Gasteiger partial charge in [0.05, 0.1) is 0 Å². The van der Waals surface area contributed by atoms with Gasteiger partial charge >= 0.3 is 0 Å². The van der Waals surface area contributed by atoms with Gasteiger partial charge in [-0.05, 0) is 12.8 Å². The minimum atomic E-state index is 0.217. The minimum Gasteiger partial charge on any atom is -0.341 e. The van der Waals surface area contributed by atoms with Gasteiger partial charge in [-0.15, -0.1) is 0 Å². The average molecular weight is 212 g/mol. The van der Waals surface area contributed by atoms with Crippen molar-refractivity contribution < 1.29 is 4.79 Å². The zero-order valence-corrected chi connectivity index (χ0v) is 9.87. The van der Waals surface area contributed by atoms with Crippen LogP contribution in [0.5, 0.6) is 0 Å². The molecular weight excluding hydrogens is 188 g/mol. The number of nitrogens with zero attached hydrogens (tertiary/aromatic N) is 1. The monoisotopic (exact) mass is 212 g/mol. The first-order chi connectivity index (χ1) is 7.24. The Morgan fingerprint density at radius 1 is 1.33 bits per heavy atom. The van der Waals surface area contributed by atoms with Gasteiger partial charge in [0.2, 0.25) is 5.91 Å². The van der Waals surface area contributed by atoms with Gasteiger partial charge in [-0.2, -0.15) is 0 Å². The highest BCUT2D eigenvalue weighted by molar-refractivity contribution is 5.76. The molecule has 15 heavy (non-hydrogen) atoms. The molecule has 1 aliphatic rings. The number of likely N-dealkylation sites (tertiary alicyclic amines) is 1. The molecule has 3 heteroatoms. The molecule has 0 radical (unpaired) electrons. The van der Waals surface area contributed by atoms with Crippen LogP contribution in [0.4, 0.5) is 0 Å². The lowest BCUT2D eigenvalue weighted by Crippen LogP contribution is -2.31. The zero-order chi connectivity index (χ0) is 11.1. The van der Waals surface area contributed by atoms with E-state index in [9.17, 15) is 4.79 Å². The van der Waals surface area contributed by atoms with E-state index in [1.165, 1.54) is 25.7 Å². The Bertz CT molecular complexity index is 194. The molecule has 0 unspecified atom stereocenters. The second kappa shape index (κ2) is 6.83. The van der Waals surface area contributed by atoms with Crippen molar-refractivity contribution in [2.24, 2.45) is 5.73 Å². The maximum atomic E-state index is 11.7. The number of unbranched alkanes of at least 4 members (excludes halogenated alkanes) is 4. The lowest BCUT2D eigenvalue weighted by molar-refractivity contribution is -0.130. The second-order valence-corrected chi connectivity index (χ2v) is 4.55. The van der Waals surface area contributed by atoms with E-state index in [0.717, 1.165) is 32.4 Å². The molecule has 1 aliphatic heterocycles. The van der Waals surface area contributed by atoms with Crippen molar-refractivity contribution in [1.29, 1.82) is 0 Å². The van der Waals surface area contributed by atoms with Crippen LogP contribution in [0, 0.1) is 0 Å². The Hall–Kier alpha value is -0.570. The maximum Gasteiger partial charge on any atom is 0.222 e. The van der Waals surface area contributed by atoms with Crippen molar-refractivity contribution in [3.05, 3.63) is 0 Å². The first kappa shape index (κ1) is 12.5. The third-order valence-electron chi connectivity index (χ3n) is 3.07. The van der Waals surface area contributed by atoms with Crippen molar-refractivity contribution in [3.63, 3.8) is 0 Å². The van der Waals surface area contributed by atoms with E-state index in [4.69, 9.17) is 5.73 Å². The fourth-order valence-corrected chi connectivity index (χ4v) is 2.05. The lowest BCUT2D eigenvalue weighted by atomic mass is 10.1. The van der Waals surface area contributed by atoms with Crippen molar-refractivity contribution in [3.8, 4) is 0 Å². The van der Waals surface area contributed by atoms with Crippen LogP contribution in [0.3, 0.4) is 0 Å². The van der Waals surface area contributed by atoms with Crippen LogP contribution in [0.15, 0.2) is 0 Å². The summed E-state index contributed by atoms with van der Waals surface area (Å²) in [4.78, 5) is 13.6. The number of amides is 1. The minimum absolute atomic E-state index is 0.217. The summed E-state index contributed by atoms with van der Waals surface area (Å²) in [6, 6.07) is 0.217. The van der Waals surface area contributed by atoms with Crippen LogP contribution in [0.25, 0.3) is 0 Å². The number of carbonyl (C=O) groups is 1. The van der Waals surface area contributed by atoms with Crippen LogP contribution in [-0.2, 0) is 4.79 Å². The summed E-state index contributed by atoms with van der Waals surface area (Å²) < 4.78 is 0. The Morgan fingerprint density at radius 3 is 2.67 bits per heavy atom. The summed E-state index contributed by atoms with van der Waals surface area (Å²) in [6.07, 6.45) is 7.75. The molecule has 0 saturated carbocycles. The molecule has 0 aromatic heterocycles. The summed E-state index contributed by atoms with van der Waals surface area (Å²) in [5.41, 5.74) is 5.76. The molecule has 1 saturated heterocycles. The molecule has 0 aliphatic carbocycles. The van der Waals surface area contributed by atoms with E-state index >= 15 is 0 Å². The van der Waals surface area contributed by atoms with Crippen LogP contribution >= 0.6 is 0 Å². The number of hydrogen-bond donors (Lipinski definition) is 1. The maximum absolute atomic E-state index is 11.7. The Balaban J connectivity index is 2.03. The molecule has 2 N–H and O–H groups in total. The van der Waals surface area contributed by atoms with Gasteiger partial charge in [0, 0.05) is 25.6 Å². The largest absolute Gasteiger partial charge is 0.341 e. The van der Waals surface area contributed by atoms with Crippen molar-refractivity contribution in [2.45, 2.75) is 57.9 Å². The van der Waals surface area contributed by atoms with Crippen molar-refractivity contribution in [1.82, 2.24) is 4.90 Å². The van der Waals surface area contributed by atoms with Crippen LogP contribution in [0.2, 0.25) is 0 Å². The van der Waals surface area contributed by atoms with Gasteiger partial charge in [-0.1, -0.05) is 32.6 Å². The first-order valence-electron chi connectivity index (χ1n) is 6.27. The number of carbonyl (C=O) groups excluding carboxylic acids is 1. The topological polar surface area (TPSA) is 46.3 Å². The molecule has 3 nitrogen and oxygen atoms in total. The molecule has 1 atom stereocenters. The quantitative estimate of drug-likeness (QED) is 0.684. The second-order valence-electron chi connectivity index (χ2n) is 4.55. The third kappa shape index (κ3) is 4.65. The molecule has 0 aromatic carbocycles. The zero-order valence-electron chi connectivity index (χ0n) is 9.87. The molecular formula is C12H24N2O. The van der Waals surface area contributed by atoms with Gasteiger partial charge in [0.1, 0.15) is 0 Å². The molecule has 0 aromatic rings. The van der Waals surface area contributed by atoms with Gasteiger partial charge in [0.25, 0.3) is 0 Å². The van der Waals surface area contributed by atoms with E-state index < -0.39 is 0 Å². The summed E-state index contributed by atoms with van der Waals surface area (Å²) >= 11 is 0. The molecule has 1 heterocycles. The standard InChI is InChI=1S/C12H24N2O/c1-2-3-4-5-6-7-12(15)14-9-8-11(13)10-14/h11H,2-10,13H2,1H3/t11-/m1/s1. The van der Waals surface area contributed by atoms with Crippen molar-refractivity contribution in [2.75, 3.05) is 13.1 Å². The van der Waals surface area contributed by atoms with Crippen LogP contribution in [-0.4, -0.2) is 29.9 Å². The smallest absolute Gasteiger partial charge is 0.222 e. The predicted octanol–water partition coefficient (Wildman–Crippen LogP) is 1.91. The van der Waals surface area contributed by atoms with E-state index in [1.807, 2.05) is 4.90 Å². The summed E-state index contributed by atoms with van der Waals surface area (Å²) in [6.45, 7) is 3.85. The van der Waals surface area contributed by atoms with Gasteiger partial charge < -0.3 is 10.6 Å². The van der Waals surface area contributed by atoms with E-state index in [2.05, 4.69) is 6.92 Å². The fourth-order valence-electron chi connectivity index (χ4n) is 2.05. The predicted molar refractivity (Wildman–Crippen MR) is 62.5 cm³/mol. The summed E-state index contributed by atoms with van der Waals surface area (Å²) in [7, 11) is 0. The highest BCUT2D eigenvalue weighted by Gasteiger charge is 2.22. The van der Waals surface area contributed by atoms with Gasteiger partial charge in [-0.3, -0.25) is 4.79 Å². The summed E-state index contributed by atoms with van der Waals surface area (Å²) in [5, 5.41) is 0. The van der Waals surface area contributed by atoms with Crippen LogP contribution < -0.4 is 5.73 Å². The SMILES string of the molecule is CCCCCCCC(=O)N1CC[C@@H](N)C1. The lowest BCUT2D eigenvalue weighted by Gasteiger charge is -2.15. The molecule has 0 spiro atoms. The molecule has 1 fully saturated rings.